The van der Waals surface area contributed by atoms with Gasteiger partial charge in [0.15, 0.2) is 23.0 Å². The molecule has 3 heterocycles. The van der Waals surface area contributed by atoms with Gasteiger partial charge in [0.1, 0.15) is 17.4 Å². The predicted molar refractivity (Wildman–Crippen MR) is 266 cm³/mol. The molecule has 0 aliphatic heterocycles. The summed E-state index contributed by atoms with van der Waals surface area (Å²) in [4.78, 5) is 13.9. The van der Waals surface area contributed by atoms with Gasteiger partial charge in [0, 0.05) is 73.4 Å². The number of benzene rings is 7. The summed E-state index contributed by atoms with van der Waals surface area (Å²) in [5.41, 5.74) is 18.8. The third kappa shape index (κ3) is 7.88. The van der Waals surface area contributed by atoms with Gasteiger partial charge in [-0.3, -0.25) is 4.98 Å². The summed E-state index contributed by atoms with van der Waals surface area (Å²) in [6.45, 7) is 2.00. The molecule has 0 N–H and O–H groups in total. The summed E-state index contributed by atoms with van der Waals surface area (Å²) in [5.74, 6) is 2.70. The highest BCUT2D eigenvalue weighted by Gasteiger charge is 2.17. The molecule has 304 valence electrons. The summed E-state index contributed by atoms with van der Waals surface area (Å²) >= 11 is 1.93. The summed E-state index contributed by atoms with van der Waals surface area (Å²) < 4.78 is 9.68. The Bertz CT molecular complexity index is 3090. The lowest BCUT2D eigenvalue weighted by Crippen LogP contribution is -1.93. The minimum absolute atomic E-state index is 0.816. The molecule has 0 aliphatic carbocycles. The third-order valence-corrected chi connectivity index (χ3v) is 12.3. The molecular weight excluding hydrogens is 886 g/mol. The molecule has 7 heteroatoms. The normalized spacial score (nSPS) is 11.2. The number of aryl methyl sites for hydroxylation is 3. The molecule has 10 aromatic rings. The van der Waals surface area contributed by atoms with Gasteiger partial charge >= 0.3 is 0 Å². The van der Waals surface area contributed by atoms with Crippen LogP contribution >= 0.6 is 23.0 Å². The van der Waals surface area contributed by atoms with E-state index in [2.05, 4.69) is 174 Å². The van der Waals surface area contributed by atoms with Gasteiger partial charge in [-0.1, -0.05) is 146 Å². The van der Waals surface area contributed by atoms with Gasteiger partial charge in [-0.05, 0) is 91.9 Å². The number of hydrogen-bond donors (Lipinski definition) is 0. The molecule has 0 amide bonds. The van der Waals surface area contributed by atoms with E-state index >= 15 is 0 Å². The van der Waals surface area contributed by atoms with Gasteiger partial charge in [0.2, 0.25) is 0 Å². The monoisotopic (exact) mass is 927 g/mol. The number of rotatable bonds is 10. The van der Waals surface area contributed by atoms with Crippen molar-refractivity contribution < 1.29 is 3.07 Å². The van der Waals surface area contributed by atoms with E-state index in [4.69, 9.17) is 8.05 Å². The summed E-state index contributed by atoms with van der Waals surface area (Å²) in [6.07, 6.45) is 9.50. The SMILES string of the molecule is Cc1cnc(-c2ccc(-c3ccccc3-c3cc(-c4ccccc4-c4ccc(-c5nccn5C)cc4)cc(-c4ccccc4-c4ccc(-c5nccn5C)cc4)c3)cc2)cc1OI. The zero-order valence-electron chi connectivity index (χ0n) is 35.1. The summed E-state index contributed by atoms with van der Waals surface area (Å²) in [6, 6.07) is 61.4. The Morgan fingerprint density at radius 1 is 0.397 bits per heavy atom. The molecule has 0 spiro atoms. The van der Waals surface area contributed by atoms with E-state index in [1.54, 1.807) is 0 Å². The van der Waals surface area contributed by atoms with Gasteiger partial charge in [0.25, 0.3) is 0 Å². The van der Waals surface area contributed by atoms with Gasteiger partial charge < -0.3 is 12.2 Å². The van der Waals surface area contributed by atoms with Gasteiger partial charge in [-0.15, -0.1) is 0 Å². The minimum atomic E-state index is 0.816. The lowest BCUT2D eigenvalue weighted by Gasteiger charge is -2.18. The van der Waals surface area contributed by atoms with E-state index < -0.39 is 0 Å². The van der Waals surface area contributed by atoms with Crippen LogP contribution in [0.15, 0.2) is 201 Å². The highest BCUT2D eigenvalue weighted by atomic mass is 127. The van der Waals surface area contributed by atoms with E-state index in [0.717, 1.165) is 112 Å². The Morgan fingerprint density at radius 3 is 1.06 bits per heavy atom. The molecule has 0 fully saturated rings. The second kappa shape index (κ2) is 17.2. The lowest BCUT2D eigenvalue weighted by atomic mass is 9.86. The Morgan fingerprint density at radius 2 is 0.730 bits per heavy atom. The standard InChI is InChI=1S/C56H42IN5O/c1-37-36-60-53(35-54(37)63-57)41-22-16-38(17-23-41)47-10-4-7-13-50(47)44-32-45(51-14-8-5-11-48(51)39-18-24-42(25-19-39)55-58-28-30-61(55)2)34-46(33-44)52-15-9-6-12-49(52)40-20-26-43(27-21-40)56-59-29-31-62(56)3/h4-36H,1-3H3. The fourth-order valence-electron chi connectivity index (χ4n) is 8.51. The fourth-order valence-corrected chi connectivity index (χ4v) is 8.98. The fraction of sp³-hybridized carbons (Fsp3) is 0.0536. The van der Waals surface area contributed by atoms with Crippen molar-refractivity contribution in [2.24, 2.45) is 14.1 Å². The Hall–Kier alpha value is -7.36. The van der Waals surface area contributed by atoms with Crippen LogP contribution in [0.4, 0.5) is 0 Å². The maximum absolute atomic E-state index is 5.58. The maximum atomic E-state index is 5.58. The van der Waals surface area contributed by atoms with Gasteiger partial charge in [0.05, 0.1) is 5.69 Å². The zero-order chi connectivity index (χ0) is 42.9. The van der Waals surface area contributed by atoms with Crippen LogP contribution in [0.3, 0.4) is 0 Å². The average Bonchev–Trinajstić information content (AvgIpc) is 3.99. The average molecular weight is 928 g/mol. The van der Waals surface area contributed by atoms with E-state index in [1.807, 2.05) is 90.2 Å². The predicted octanol–water partition coefficient (Wildman–Crippen LogP) is 14.6. The molecule has 7 aromatic carbocycles. The molecule has 0 saturated heterocycles. The van der Waals surface area contributed by atoms with Gasteiger partial charge in [-0.2, -0.15) is 0 Å². The molecule has 0 radical (unpaired) electrons. The van der Waals surface area contributed by atoms with Crippen molar-refractivity contribution in [2.75, 3.05) is 0 Å². The van der Waals surface area contributed by atoms with Crippen molar-refractivity contribution in [3.63, 3.8) is 0 Å². The third-order valence-electron chi connectivity index (χ3n) is 11.8. The number of hydrogen-bond acceptors (Lipinski definition) is 4. The molecule has 10 rings (SSSR count). The van der Waals surface area contributed by atoms with Crippen LogP contribution < -0.4 is 3.07 Å². The quantitative estimate of drug-likeness (QED) is 0.128. The van der Waals surface area contributed by atoms with Crippen molar-refractivity contribution in [2.45, 2.75) is 6.92 Å². The van der Waals surface area contributed by atoms with E-state index in [9.17, 15) is 0 Å². The van der Waals surface area contributed by atoms with Crippen LogP contribution in [0.5, 0.6) is 5.75 Å². The molecule has 6 nitrogen and oxygen atoms in total. The smallest absolute Gasteiger partial charge is 0.192 e. The second-order valence-electron chi connectivity index (χ2n) is 15.8. The van der Waals surface area contributed by atoms with E-state index in [1.165, 1.54) is 0 Å². The first-order valence-corrected chi connectivity index (χ1v) is 21.8. The molecule has 0 atom stereocenters. The molecular formula is C56H42IN5O. The zero-order valence-corrected chi connectivity index (χ0v) is 37.2. The number of halogens is 1. The molecule has 3 aromatic heterocycles. The van der Waals surface area contributed by atoms with Crippen LogP contribution in [0.1, 0.15) is 5.56 Å². The first-order valence-electron chi connectivity index (χ1n) is 20.9. The Kier molecular flexibility index (Phi) is 10.8. The number of nitrogens with zero attached hydrogens (tertiary/aromatic N) is 5. The molecule has 0 unspecified atom stereocenters. The van der Waals surface area contributed by atoms with Gasteiger partial charge in [-0.25, -0.2) is 9.97 Å². The summed E-state index contributed by atoms with van der Waals surface area (Å²) in [5, 5.41) is 0. The van der Waals surface area contributed by atoms with Crippen LogP contribution in [-0.2, 0) is 14.1 Å². The first-order chi connectivity index (χ1) is 30.9. The Labute approximate surface area is 381 Å². The molecule has 0 aliphatic rings. The first kappa shape index (κ1) is 39.8. The van der Waals surface area contributed by atoms with Crippen molar-refractivity contribution in [3.8, 4) is 107 Å². The largest absolute Gasteiger partial charge is 0.427 e. The summed E-state index contributed by atoms with van der Waals surface area (Å²) in [7, 11) is 4.05. The van der Waals surface area contributed by atoms with Crippen molar-refractivity contribution in [1.82, 2.24) is 24.1 Å². The van der Waals surface area contributed by atoms with Crippen LogP contribution in [-0.4, -0.2) is 24.1 Å². The minimum Gasteiger partial charge on any atom is -0.427 e. The number of aromatic nitrogens is 5. The topological polar surface area (TPSA) is 57.8 Å². The lowest BCUT2D eigenvalue weighted by molar-refractivity contribution is 0.707. The molecule has 0 bridgehead atoms. The highest BCUT2D eigenvalue weighted by Crippen LogP contribution is 2.43. The maximum Gasteiger partial charge on any atom is 0.192 e. The highest BCUT2D eigenvalue weighted by molar-refractivity contribution is 14.1. The number of imidazole rings is 2. The van der Waals surface area contributed by atoms with Crippen LogP contribution in [0, 0.1) is 6.92 Å². The van der Waals surface area contributed by atoms with Crippen molar-refractivity contribution in [3.05, 3.63) is 206 Å². The molecule has 0 saturated carbocycles. The van der Waals surface area contributed by atoms with Crippen molar-refractivity contribution >= 4 is 23.0 Å². The Balaban J connectivity index is 1.11. The van der Waals surface area contributed by atoms with Crippen molar-refractivity contribution in [1.29, 1.82) is 0 Å². The van der Waals surface area contributed by atoms with E-state index in [-0.39, 0.29) is 0 Å². The van der Waals surface area contributed by atoms with Crippen LogP contribution in [0.25, 0.3) is 101 Å². The second-order valence-corrected chi connectivity index (χ2v) is 16.2. The number of pyridine rings is 1. The van der Waals surface area contributed by atoms with E-state index in [0.29, 0.717) is 0 Å². The molecule has 63 heavy (non-hydrogen) atoms. The van der Waals surface area contributed by atoms with Crippen LogP contribution in [0.2, 0.25) is 0 Å².